The van der Waals surface area contributed by atoms with Crippen LogP contribution in [-0.2, 0) is 35.2 Å². The van der Waals surface area contributed by atoms with E-state index < -0.39 is 0 Å². The van der Waals surface area contributed by atoms with E-state index in [4.69, 9.17) is 0 Å². The minimum atomic E-state index is 1.32. The van der Waals surface area contributed by atoms with Crippen molar-refractivity contribution in [3.63, 3.8) is 0 Å². The average molecular weight is 1620 g/mol. The van der Waals surface area contributed by atoms with E-state index >= 15 is 0 Å². The SMILES string of the molecule is Cc1cc2c(C)c[n+](C)c3c4c(C)c(C)cc5cccc(c(c1)c23)c54.Cc1cc2c3cccc4cc(C)c(C)c(c43)c3c2c(cc[n+]3C)c1C.Cc1cc2cc(C)c(C)c3c2c(c1)c1cc(C)cc2cc[n+](C)c3c21.Cc1cc2cc(C)c(C)c3c2c(c1)c1cc(C)cc2cc[n+](C)c3c21.Cc1cc2cc(C)c(C)c3c2c(c1)c1cc(C)cc2cc[n+](C)c3c21. The Hall–Kier alpha value is -13.4. The molecule has 0 spiro atoms. The molecule has 610 valence electrons. The van der Waals surface area contributed by atoms with E-state index in [1.807, 2.05) is 0 Å². The van der Waals surface area contributed by atoms with Crippen LogP contribution in [0.15, 0.2) is 213 Å². The van der Waals surface area contributed by atoms with Crippen molar-refractivity contribution in [2.24, 2.45) is 35.2 Å². The first-order chi connectivity index (χ1) is 59.8. The third-order valence-corrected chi connectivity index (χ3v) is 29.5. The second kappa shape index (κ2) is 28.3. The Bertz CT molecular complexity index is 8430. The maximum atomic E-state index is 2.38. The van der Waals surface area contributed by atoms with Crippen LogP contribution in [0, 0.1) is 138 Å². The van der Waals surface area contributed by atoms with Gasteiger partial charge in [0.2, 0.25) is 27.6 Å². The van der Waals surface area contributed by atoms with E-state index in [1.54, 1.807) is 0 Å². The fraction of sp³-hybridized carbons (Fsp3) is 0.208. The predicted molar refractivity (Wildman–Crippen MR) is 539 cm³/mol. The molecule has 5 nitrogen and oxygen atoms in total. The predicted octanol–water partition coefficient (Wildman–Crippen LogP) is 29.0. The quantitative estimate of drug-likeness (QED) is 0.0819. The molecule has 0 aliphatic heterocycles. The van der Waals surface area contributed by atoms with Crippen molar-refractivity contribution in [3.05, 3.63) is 324 Å². The molecule has 20 aromatic carbocycles. The second-order valence-electron chi connectivity index (χ2n) is 38.1. The maximum absolute atomic E-state index is 2.38. The Labute approximate surface area is 731 Å². The van der Waals surface area contributed by atoms with E-state index in [0.717, 1.165) is 0 Å². The molecule has 0 fully saturated rings. The van der Waals surface area contributed by atoms with Gasteiger partial charge in [-0.15, -0.1) is 0 Å². The van der Waals surface area contributed by atoms with Crippen molar-refractivity contribution in [1.82, 2.24) is 0 Å². The molecule has 0 saturated carbocycles. The van der Waals surface area contributed by atoms with Crippen LogP contribution in [0.3, 0.4) is 0 Å². The van der Waals surface area contributed by atoms with E-state index in [2.05, 4.69) is 410 Å². The van der Waals surface area contributed by atoms with Crippen LogP contribution in [0.5, 0.6) is 0 Å². The zero-order valence-corrected chi connectivity index (χ0v) is 77.4. The molecule has 0 amide bonds. The van der Waals surface area contributed by atoms with Crippen LogP contribution in [0.1, 0.15) is 111 Å². The summed E-state index contributed by atoms with van der Waals surface area (Å²) < 4.78 is 11.5. The highest BCUT2D eigenvalue weighted by Gasteiger charge is 2.30. The lowest BCUT2D eigenvalue weighted by Gasteiger charge is -2.17. The van der Waals surface area contributed by atoms with Gasteiger partial charge in [0.15, 0.2) is 31.0 Å². The molecule has 0 bridgehead atoms. The fourth-order valence-corrected chi connectivity index (χ4v) is 23.1. The minimum Gasteiger partial charge on any atom is -0.200 e. The molecular weight excluding hydrogens is 1510 g/mol. The number of fused-ring (bicyclic) bond motifs is 10. The van der Waals surface area contributed by atoms with Crippen molar-refractivity contribution >= 4 is 216 Å². The van der Waals surface area contributed by atoms with Crippen LogP contribution >= 0.6 is 0 Å². The van der Waals surface area contributed by atoms with Crippen LogP contribution in [0.2, 0.25) is 0 Å². The van der Waals surface area contributed by atoms with Crippen molar-refractivity contribution in [2.75, 3.05) is 0 Å². The van der Waals surface area contributed by atoms with Crippen LogP contribution in [0.25, 0.3) is 216 Å². The summed E-state index contributed by atoms with van der Waals surface area (Å²) in [6, 6.07) is 69.4. The van der Waals surface area contributed by atoms with Crippen LogP contribution < -0.4 is 22.8 Å². The molecule has 25 rings (SSSR count). The number of rotatable bonds is 0. The molecule has 5 heteroatoms. The van der Waals surface area contributed by atoms with Gasteiger partial charge in [0, 0.05) is 56.8 Å². The highest BCUT2D eigenvalue weighted by molar-refractivity contribution is 6.38. The summed E-state index contributed by atoms with van der Waals surface area (Å²) in [5, 5.41) is 48.5. The van der Waals surface area contributed by atoms with Gasteiger partial charge in [-0.1, -0.05) is 158 Å². The highest BCUT2D eigenvalue weighted by Crippen LogP contribution is 2.49. The maximum Gasteiger partial charge on any atom is 0.221 e. The molecule has 0 unspecified atom stereocenters. The average Bonchev–Trinajstić information content (AvgIpc) is 0.727. The van der Waals surface area contributed by atoms with E-state index in [-0.39, 0.29) is 0 Å². The van der Waals surface area contributed by atoms with Gasteiger partial charge in [0.05, 0.1) is 53.9 Å². The van der Waals surface area contributed by atoms with Crippen LogP contribution in [-0.4, -0.2) is 0 Å². The normalized spacial score (nSPS) is 12.2. The number of aromatic nitrogens is 5. The van der Waals surface area contributed by atoms with Gasteiger partial charge in [-0.2, -0.15) is 0 Å². The number of benzene rings is 20. The zero-order chi connectivity index (χ0) is 87.3. The minimum absolute atomic E-state index is 1.32. The Morgan fingerprint density at radius 3 is 0.728 bits per heavy atom. The molecule has 0 saturated heterocycles. The lowest BCUT2D eigenvalue weighted by atomic mass is 9.86. The van der Waals surface area contributed by atoms with E-state index in [1.165, 1.54) is 327 Å². The van der Waals surface area contributed by atoms with E-state index in [9.17, 15) is 0 Å². The molecule has 5 heterocycles. The van der Waals surface area contributed by atoms with Gasteiger partial charge in [0.25, 0.3) is 0 Å². The van der Waals surface area contributed by atoms with Gasteiger partial charge >= 0.3 is 0 Å². The van der Waals surface area contributed by atoms with Crippen molar-refractivity contribution in [2.45, 2.75) is 138 Å². The van der Waals surface area contributed by atoms with Gasteiger partial charge in [-0.25, -0.2) is 22.8 Å². The van der Waals surface area contributed by atoms with Crippen molar-refractivity contribution in [3.8, 4) is 0 Å². The summed E-state index contributed by atoms with van der Waals surface area (Å²) >= 11 is 0. The highest BCUT2D eigenvalue weighted by atomic mass is 14.9. The van der Waals surface area contributed by atoms with Gasteiger partial charge in [0.1, 0.15) is 35.2 Å². The summed E-state index contributed by atoms with van der Waals surface area (Å²) in [4.78, 5) is 0. The first-order valence-electron chi connectivity index (χ1n) is 44.7. The lowest BCUT2D eigenvalue weighted by Crippen LogP contribution is -2.29. The molecule has 25 aromatic rings. The van der Waals surface area contributed by atoms with Gasteiger partial charge in [-0.3, -0.25) is 0 Å². The third kappa shape index (κ3) is 11.7. The Morgan fingerprint density at radius 2 is 0.384 bits per heavy atom. The number of nitrogens with zero attached hydrogens (tertiary/aromatic N) is 5. The summed E-state index contributed by atoms with van der Waals surface area (Å²) in [5.41, 5.74) is 34.0. The summed E-state index contributed by atoms with van der Waals surface area (Å²) in [7, 11) is 10.9. The Balaban J connectivity index is 0.0000000956. The molecule has 5 aromatic heterocycles. The zero-order valence-electron chi connectivity index (χ0n) is 77.4. The van der Waals surface area contributed by atoms with Gasteiger partial charge in [-0.05, 0) is 352 Å². The largest absolute Gasteiger partial charge is 0.221 e. The smallest absolute Gasteiger partial charge is 0.200 e. The molecule has 125 heavy (non-hydrogen) atoms. The molecule has 0 radical (unpaired) electrons. The van der Waals surface area contributed by atoms with E-state index in [0.29, 0.717) is 0 Å². The molecule has 0 aliphatic rings. The monoisotopic (exact) mass is 1620 g/mol. The first kappa shape index (κ1) is 78.9. The first-order valence-corrected chi connectivity index (χ1v) is 44.7. The Morgan fingerprint density at radius 1 is 0.152 bits per heavy atom. The summed E-state index contributed by atoms with van der Waals surface area (Å²) in [6.45, 7) is 44.6. The lowest BCUT2D eigenvalue weighted by molar-refractivity contribution is -0.644. The Kier molecular flexibility index (Phi) is 17.9. The number of hydrogen-bond acceptors (Lipinski definition) is 0. The van der Waals surface area contributed by atoms with Gasteiger partial charge < -0.3 is 0 Å². The van der Waals surface area contributed by atoms with Crippen LogP contribution in [0.4, 0.5) is 0 Å². The second-order valence-corrected chi connectivity index (χ2v) is 38.1. The molecule has 0 atom stereocenters. The number of aryl methyl sites for hydroxylation is 25. The molecular formula is C120H110N5+5. The van der Waals surface area contributed by atoms with Crippen molar-refractivity contribution in [1.29, 1.82) is 0 Å². The van der Waals surface area contributed by atoms with Crippen molar-refractivity contribution < 1.29 is 22.8 Å². The summed E-state index contributed by atoms with van der Waals surface area (Å²) in [5.74, 6) is 0. The number of pyridine rings is 5. The number of hydrogen-bond donors (Lipinski definition) is 0. The molecule has 0 aliphatic carbocycles. The standard InChI is InChI=1S/5C24H22N/c3*1-13-8-17-6-7-25(5)24-21-16(4)15(3)12-18-9-14(2)10-19(22(18)21)20(11-13)23(17)24;1-13-9-19-15(3)12-25(5)24-21-16(4)14(2)11-17-7-6-8-18(22(17)21)20(10-13)23(19)24;1-13-11-17-7-6-8-19-20-12-14(2)15(3)18-9-10-25(5)24(23(18)20)21(16(13)4)22(17)19/h5*6-12H,1-5H3/q5*+1. The summed E-state index contributed by atoms with van der Waals surface area (Å²) in [6.07, 6.45) is 11.1. The third-order valence-electron chi connectivity index (χ3n) is 29.5. The fourth-order valence-electron chi connectivity index (χ4n) is 23.1. The molecule has 0 N–H and O–H groups in total. The topological polar surface area (TPSA) is 19.4 Å².